The number of fused-ring (bicyclic) bond motifs is 4. The van der Waals surface area contributed by atoms with Crippen LogP contribution in [0.25, 0.3) is 39.0 Å². The molecule has 0 amide bonds. The van der Waals surface area contributed by atoms with Gasteiger partial charge < -0.3 is 15.1 Å². The summed E-state index contributed by atoms with van der Waals surface area (Å²) in [5, 5.41) is 13.2. The summed E-state index contributed by atoms with van der Waals surface area (Å²) in [6.45, 7) is 6.48. The molecule has 2 aromatic carbocycles. The highest BCUT2D eigenvalue weighted by atomic mass is 16.3. The number of benzene rings is 3. The van der Waals surface area contributed by atoms with Crippen molar-refractivity contribution in [2.45, 2.75) is 26.3 Å². The maximum Gasteiger partial charge on any atom is 0.144 e. The Balaban J connectivity index is 1.96. The lowest BCUT2D eigenvalue weighted by Gasteiger charge is -2.32. The second-order valence-corrected chi connectivity index (χ2v) is 8.09. The summed E-state index contributed by atoms with van der Waals surface area (Å²) < 4.78 is 6.43. The molecule has 0 aromatic heterocycles. The average molecular weight is 366 g/mol. The van der Waals surface area contributed by atoms with E-state index in [1.54, 1.807) is 6.07 Å². The van der Waals surface area contributed by atoms with Crippen molar-refractivity contribution in [3.8, 4) is 22.5 Å². The topological polar surface area (TPSA) is 49.0 Å². The number of hydrogen-bond donors (Lipinski definition) is 2. The molecule has 1 aliphatic carbocycles. The standard InChI is InChI=1S/C25H22N2O/c1-15-14-25(2,3)27-20-12-11-19-23(16-7-5-4-6-8-16)18-10-9-17(26)13-21(18)28-24(19)22(15)20/h4-14,26-27H,1-3H3. The maximum absolute atomic E-state index is 8.06. The molecule has 2 N–H and O–H groups in total. The van der Waals surface area contributed by atoms with Gasteiger partial charge in [-0.2, -0.15) is 0 Å². The third-order valence-electron chi connectivity index (χ3n) is 5.38. The second-order valence-electron chi connectivity index (χ2n) is 8.09. The smallest absolute Gasteiger partial charge is 0.144 e. The van der Waals surface area contributed by atoms with Crippen molar-refractivity contribution in [3.05, 3.63) is 77.7 Å². The highest BCUT2D eigenvalue weighted by Gasteiger charge is 2.27. The van der Waals surface area contributed by atoms with Crippen molar-refractivity contribution in [1.82, 2.24) is 0 Å². The van der Waals surface area contributed by atoms with Crippen LogP contribution in [0.3, 0.4) is 0 Å². The Hall–Kier alpha value is -3.33. The van der Waals surface area contributed by atoms with Gasteiger partial charge in [0, 0.05) is 33.8 Å². The van der Waals surface area contributed by atoms with Crippen LogP contribution in [0.5, 0.6) is 0 Å². The summed E-state index contributed by atoms with van der Waals surface area (Å²) in [5.74, 6) is 0.741. The summed E-state index contributed by atoms with van der Waals surface area (Å²) in [4.78, 5) is 0. The van der Waals surface area contributed by atoms with Crippen LogP contribution in [0.15, 0.2) is 71.2 Å². The Labute approximate surface area is 164 Å². The Kier molecular flexibility index (Phi) is 3.50. The molecule has 3 nitrogen and oxygen atoms in total. The number of nitrogens with one attached hydrogen (secondary N) is 2. The summed E-state index contributed by atoms with van der Waals surface area (Å²) in [7, 11) is 0. The fourth-order valence-corrected chi connectivity index (χ4v) is 4.36. The monoisotopic (exact) mass is 366 g/mol. The summed E-state index contributed by atoms with van der Waals surface area (Å²) in [6, 6.07) is 20.3. The number of anilines is 1. The molecule has 2 heterocycles. The molecule has 0 radical (unpaired) electrons. The molecule has 0 spiro atoms. The van der Waals surface area contributed by atoms with E-state index >= 15 is 0 Å². The van der Waals surface area contributed by atoms with Crippen molar-refractivity contribution in [2.24, 2.45) is 0 Å². The highest BCUT2D eigenvalue weighted by Crippen LogP contribution is 2.45. The first-order valence-corrected chi connectivity index (χ1v) is 9.54. The molecular weight excluding hydrogens is 344 g/mol. The first-order valence-electron chi connectivity index (χ1n) is 9.54. The van der Waals surface area contributed by atoms with Crippen LogP contribution in [0.1, 0.15) is 26.3 Å². The summed E-state index contributed by atoms with van der Waals surface area (Å²) in [6.07, 6.45) is 2.25. The van der Waals surface area contributed by atoms with E-state index in [4.69, 9.17) is 9.83 Å². The molecule has 138 valence electrons. The molecule has 0 fully saturated rings. The van der Waals surface area contributed by atoms with E-state index in [9.17, 15) is 0 Å². The molecule has 0 bridgehead atoms. The van der Waals surface area contributed by atoms with Gasteiger partial charge in [-0.25, -0.2) is 0 Å². The van der Waals surface area contributed by atoms with E-state index in [-0.39, 0.29) is 5.54 Å². The Morgan fingerprint density at radius 1 is 0.929 bits per heavy atom. The molecule has 3 heteroatoms. The van der Waals surface area contributed by atoms with Crippen molar-refractivity contribution < 1.29 is 4.42 Å². The predicted molar refractivity (Wildman–Crippen MR) is 115 cm³/mol. The fourth-order valence-electron chi connectivity index (χ4n) is 4.36. The number of allylic oxidation sites excluding steroid dienone is 1. The lowest BCUT2D eigenvalue weighted by atomic mass is 9.87. The minimum Gasteiger partial charge on any atom is -0.455 e. The van der Waals surface area contributed by atoms with Gasteiger partial charge in [-0.05, 0) is 56.2 Å². The van der Waals surface area contributed by atoms with Crippen molar-refractivity contribution in [2.75, 3.05) is 5.32 Å². The fraction of sp³-hybridized carbons (Fsp3) is 0.160. The van der Waals surface area contributed by atoms with E-state index in [0.29, 0.717) is 5.36 Å². The second kappa shape index (κ2) is 5.83. The van der Waals surface area contributed by atoms with Crippen LogP contribution in [-0.4, -0.2) is 5.54 Å². The predicted octanol–water partition coefficient (Wildman–Crippen LogP) is 6.29. The zero-order valence-electron chi connectivity index (χ0n) is 16.3. The lowest BCUT2D eigenvalue weighted by Crippen LogP contribution is -2.31. The SMILES string of the molecule is CC1=CC(C)(C)Nc2ccc3c(-c4ccccc4)c4ccc(=N)cc-4oc3c21. The molecular formula is C25H22N2O. The third-order valence-corrected chi connectivity index (χ3v) is 5.38. The Bertz CT molecular complexity index is 1280. The third kappa shape index (κ3) is 2.55. The van der Waals surface area contributed by atoms with Gasteiger partial charge in [-0.1, -0.05) is 36.4 Å². The average Bonchev–Trinajstić information content (AvgIpc) is 2.65. The van der Waals surface area contributed by atoms with Crippen LogP contribution in [0.2, 0.25) is 0 Å². The molecule has 3 aliphatic rings. The van der Waals surface area contributed by atoms with Crippen molar-refractivity contribution in [1.29, 1.82) is 5.41 Å². The lowest BCUT2D eigenvalue weighted by molar-refractivity contribution is 0.616. The number of rotatable bonds is 1. The molecule has 28 heavy (non-hydrogen) atoms. The largest absolute Gasteiger partial charge is 0.455 e. The molecule has 2 aliphatic heterocycles. The normalized spacial score (nSPS) is 15.2. The van der Waals surface area contributed by atoms with Gasteiger partial charge in [0.1, 0.15) is 11.3 Å². The number of hydrogen-bond acceptors (Lipinski definition) is 3. The first-order chi connectivity index (χ1) is 13.4. The maximum atomic E-state index is 8.06. The first kappa shape index (κ1) is 16.8. The molecule has 0 unspecified atom stereocenters. The zero-order valence-corrected chi connectivity index (χ0v) is 16.3. The van der Waals surface area contributed by atoms with Gasteiger partial charge >= 0.3 is 0 Å². The molecule has 2 aromatic rings. The van der Waals surface area contributed by atoms with Gasteiger partial charge in [0.2, 0.25) is 0 Å². The minimum absolute atomic E-state index is 0.0990. The van der Waals surface area contributed by atoms with Crippen LogP contribution in [0.4, 0.5) is 5.69 Å². The molecule has 0 saturated heterocycles. The van der Waals surface area contributed by atoms with Crippen LogP contribution in [0, 0.1) is 5.41 Å². The summed E-state index contributed by atoms with van der Waals surface area (Å²) in [5.41, 5.74) is 7.49. The Morgan fingerprint density at radius 3 is 2.50 bits per heavy atom. The van der Waals surface area contributed by atoms with E-state index in [2.05, 4.69) is 68.6 Å². The van der Waals surface area contributed by atoms with Crippen molar-refractivity contribution >= 4 is 22.2 Å². The van der Waals surface area contributed by atoms with E-state index in [1.165, 1.54) is 5.57 Å². The molecule has 5 rings (SSSR count). The van der Waals surface area contributed by atoms with Gasteiger partial charge in [0.15, 0.2) is 0 Å². The quantitative estimate of drug-likeness (QED) is 0.389. The molecule has 0 atom stereocenters. The summed E-state index contributed by atoms with van der Waals surface area (Å²) >= 11 is 0. The highest BCUT2D eigenvalue weighted by molar-refractivity contribution is 6.07. The van der Waals surface area contributed by atoms with Crippen molar-refractivity contribution in [3.63, 3.8) is 0 Å². The van der Waals surface area contributed by atoms with Gasteiger partial charge in [-0.3, -0.25) is 0 Å². The van der Waals surface area contributed by atoms with E-state index in [1.807, 2.05) is 18.2 Å². The van der Waals surface area contributed by atoms with E-state index in [0.717, 1.165) is 44.7 Å². The van der Waals surface area contributed by atoms with Crippen LogP contribution < -0.4 is 10.7 Å². The van der Waals surface area contributed by atoms with E-state index < -0.39 is 0 Å². The minimum atomic E-state index is -0.0990. The Morgan fingerprint density at radius 2 is 1.71 bits per heavy atom. The van der Waals surface area contributed by atoms with Crippen LogP contribution in [-0.2, 0) is 0 Å². The molecule has 0 saturated carbocycles. The van der Waals surface area contributed by atoms with Gasteiger partial charge in [-0.15, -0.1) is 0 Å². The van der Waals surface area contributed by atoms with Gasteiger partial charge in [0.25, 0.3) is 0 Å². The van der Waals surface area contributed by atoms with Gasteiger partial charge in [0.05, 0.1) is 10.9 Å². The van der Waals surface area contributed by atoms with Crippen LogP contribution >= 0.6 is 0 Å². The zero-order chi connectivity index (χ0) is 19.5.